The first-order chi connectivity index (χ1) is 13.5. The highest BCUT2D eigenvalue weighted by Crippen LogP contribution is 2.36. The third-order valence-corrected chi connectivity index (χ3v) is 3.96. The van der Waals surface area contributed by atoms with Crippen LogP contribution in [0.3, 0.4) is 0 Å². The third-order valence-electron chi connectivity index (χ3n) is 3.68. The zero-order chi connectivity index (χ0) is 20.5. The average molecular weight is 405 g/mol. The van der Waals surface area contributed by atoms with Crippen LogP contribution in [0.4, 0.5) is 0 Å². The van der Waals surface area contributed by atoms with Gasteiger partial charge in [0.05, 0.1) is 31.4 Å². The molecule has 7 heteroatoms. The lowest BCUT2D eigenvalue weighted by Crippen LogP contribution is -2.04. The molecule has 2 aromatic rings. The van der Waals surface area contributed by atoms with Crippen LogP contribution in [0.25, 0.3) is 6.08 Å². The minimum absolute atomic E-state index is 0.0291. The van der Waals surface area contributed by atoms with Gasteiger partial charge in [-0.15, -0.1) is 0 Å². The van der Waals surface area contributed by atoms with Crippen molar-refractivity contribution in [1.29, 1.82) is 0 Å². The molecule has 0 bridgehead atoms. The summed E-state index contributed by atoms with van der Waals surface area (Å²) in [6.45, 7) is 2.33. The fourth-order valence-electron chi connectivity index (χ4n) is 2.39. The Balaban J connectivity index is 2.02. The molecule has 0 saturated heterocycles. The summed E-state index contributed by atoms with van der Waals surface area (Å²) in [4.78, 5) is 23.5. The van der Waals surface area contributed by atoms with Crippen molar-refractivity contribution in [2.24, 2.45) is 0 Å². The first kappa shape index (κ1) is 21.3. The summed E-state index contributed by atoms with van der Waals surface area (Å²) in [5.74, 6) is -0.0549. The summed E-state index contributed by atoms with van der Waals surface area (Å²) >= 11 is 6.21. The number of esters is 2. The number of hydrogen-bond donors (Lipinski definition) is 0. The van der Waals surface area contributed by atoms with Gasteiger partial charge in [-0.25, -0.2) is 9.59 Å². The lowest BCUT2D eigenvalue weighted by molar-refractivity contribution is -0.138. The summed E-state index contributed by atoms with van der Waals surface area (Å²) in [6, 6.07) is 10.1. The predicted molar refractivity (Wildman–Crippen MR) is 106 cm³/mol. The molecule has 0 spiro atoms. The van der Waals surface area contributed by atoms with Crippen LogP contribution < -0.4 is 9.47 Å². The van der Waals surface area contributed by atoms with E-state index in [4.69, 9.17) is 25.8 Å². The highest BCUT2D eigenvalue weighted by molar-refractivity contribution is 6.32. The molecule has 0 aliphatic rings. The Hall–Kier alpha value is -2.99. The van der Waals surface area contributed by atoms with Crippen LogP contribution in [0.2, 0.25) is 5.02 Å². The van der Waals surface area contributed by atoms with Crippen molar-refractivity contribution >= 4 is 29.6 Å². The van der Waals surface area contributed by atoms with Crippen LogP contribution in [0.15, 0.2) is 42.5 Å². The third kappa shape index (κ3) is 5.76. The predicted octanol–water partition coefficient (Wildman–Crippen LogP) is 4.29. The monoisotopic (exact) mass is 404 g/mol. The maximum Gasteiger partial charge on any atom is 0.337 e. The van der Waals surface area contributed by atoms with E-state index in [2.05, 4.69) is 4.74 Å². The van der Waals surface area contributed by atoms with Crippen molar-refractivity contribution < 1.29 is 28.5 Å². The molecule has 28 heavy (non-hydrogen) atoms. The van der Waals surface area contributed by atoms with Crippen molar-refractivity contribution in [3.63, 3.8) is 0 Å². The van der Waals surface area contributed by atoms with Crippen molar-refractivity contribution in [2.45, 2.75) is 13.5 Å². The van der Waals surface area contributed by atoms with Crippen molar-refractivity contribution in [1.82, 2.24) is 0 Å². The molecule has 0 unspecified atom stereocenters. The molecule has 0 N–H and O–H groups in total. The number of rotatable bonds is 8. The van der Waals surface area contributed by atoms with E-state index in [1.54, 1.807) is 42.5 Å². The lowest BCUT2D eigenvalue weighted by Gasteiger charge is -2.11. The number of benzene rings is 2. The first-order valence-electron chi connectivity index (χ1n) is 8.50. The normalized spacial score (nSPS) is 10.6. The summed E-state index contributed by atoms with van der Waals surface area (Å²) in [5.41, 5.74) is 1.73. The Kier molecular flexibility index (Phi) is 7.89. The fraction of sp³-hybridized carbons (Fsp3) is 0.238. The number of halogens is 1. The Morgan fingerprint density at radius 1 is 1.14 bits per heavy atom. The second kappa shape index (κ2) is 10.4. The van der Waals surface area contributed by atoms with E-state index >= 15 is 0 Å². The minimum atomic E-state index is -0.535. The van der Waals surface area contributed by atoms with Crippen LogP contribution in [-0.2, 0) is 20.9 Å². The Labute approximate surface area is 168 Å². The molecule has 0 amide bonds. The summed E-state index contributed by atoms with van der Waals surface area (Å²) in [6.07, 6.45) is 2.85. The smallest absolute Gasteiger partial charge is 0.337 e. The molecule has 0 aromatic heterocycles. The van der Waals surface area contributed by atoms with Gasteiger partial charge >= 0.3 is 11.9 Å². The van der Waals surface area contributed by atoms with Gasteiger partial charge in [-0.2, -0.15) is 0 Å². The molecule has 0 radical (unpaired) electrons. The number of hydrogen-bond acceptors (Lipinski definition) is 6. The molecule has 0 heterocycles. The molecule has 148 valence electrons. The van der Waals surface area contributed by atoms with Crippen molar-refractivity contribution in [3.05, 3.63) is 64.2 Å². The molecule has 6 nitrogen and oxygen atoms in total. The SMILES string of the molecule is CCOc1c(Cl)cc(/C=C/C(=O)OCc2cccc(C(=O)OC)c2)cc1OC. The molecule has 0 atom stereocenters. The van der Waals surface area contributed by atoms with Crippen LogP contribution in [0.1, 0.15) is 28.4 Å². The lowest BCUT2D eigenvalue weighted by atomic mass is 10.1. The Morgan fingerprint density at radius 2 is 1.93 bits per heavy atom. The van der Waals surface area contributed by atoms with Gasteiger partial charge in [0.1, 0.15) is 6.61 Å². The molecule has 2 aromatic carbocycles. The molecular formula is C21H21ClO6. The molecule has 2 rings (SSSR count). The van der Waals surface area contributed by atoms with Crippen molar-refractivity contribution in [2.75, 3.05) is 20.8 Å². The molecular weight excluding hydrogens is 384 g/mol. The Morgan fingerprint density at radius 3 is 2.61 bits per heavy atom. The van der Waals surface area contributed by atoms with Crippen LogP contribution in [0, 0.1) is 0 Å². The summed E-state index contributed by atoms with van der Waals surface area (Å²) in [5, 5.41) is 0.383. The summed E-state index contributed by atoms with van der Waals surface area (Å²) in [7, 11) is 2.82. The molecule has 0 fully saturated rings. The van der Waals surface area contributed by atoms with E-state index in [0.717, 1.165) is 0 Å². The molecule has 0 saturated carbocycles. The van der Waals surface area contributed by atoms with Crippen LogP contribution in [-0.4, -0.2) is 32.8 Å². The van der Waals surface area contributed by atoms with E-state index < -0.39 is 11.9 Å². The van der Waals surface area contributed by atoms with E-state index in [1.165, 1.54) is 20.3 Å². The van der Waals surface area contributed by atoms with Gasteiger partial charge in [0.15, 0.2) is 11.5 Å². The average Bonchev–Trinajstić information content (AvgIpc) is 2.71. The van der Waals surface area contributed by atoms with Gasteiger partial charge in [-0.3, -0.25) is 0 Å². The van der Waals surface area contributed by atoms with Gasteiger partial charge < -0.3 is 18.9 Å². The van der Waals surface area contributed by atoms with E-state index in [0.29, 0.717) is 39.8 Å². The van der Waals surface area contributed by atoms with Gasteiger partial charge in [0.25, 0.3) is 0 Å². The van der Waals surface area contributed by atoms with Gasteiger partial charge in [0.2, 0.25) is 0 Å². The largest absolute Gasteiger partial charge is 0.493 e. The zero-order valence-corrected chi connectivity index (χ0v) is 16.6. The number of carbonyl (C=O) groups excluding carboxylic acids is 2. The maximum atomic E-state index is 12.0. The van der Waals surface area contributed by atoms with E-state index in [-0.39, 0.29) is 6.61 Å². The number of methoxy groups -OCH3 is 2. The zero-order valence-electron chi connectivity index (χ0n) is 15.9. The van der Waals surface area contributed by atoms with Gasteiger partial charge in [0, 0.05) is 6.08 Å². The molecule has 0 aliphatic carbocycles. The summed E-state index contributed by atoms with van der Waals surface area (Å²) < 4.78 is 20.6. The Bertz CT molecular complexity index is 875. The van der Waals surface area contributed by atoms with Crippen LogP contribution in [0.5, 0.6) is 11.5 Å². The highest BCUT2D eigenvalue weighted by atomic mass is 35.5. The minimum Gasteiger partial charge on any atom is -0.493 e. The number of carbonyl (C=O) groups is 2. The first-order valence-corrected chi connectivity index (χ1v) is 8.88. The second-order valence-electron chi connectivity index (χ2n) is 5.60. The standard InChI is InChI=1S/C21H21ClO6/c1-4-27-20-17(22)11-14(12-18(20)25-2)8-9-19(23)28-13-15-6-5-7-16(10-15)21(24)26-3/h5-12H,4,13H2,1-3H3/b9-8+. The van der Waals surface area contributed by atoms with E-state index in [9.17, 15) is 9.59 Å². The van der Waals surface area contributed by atoms with Crippen molar-refractivity contribution in [3.8, 4) is 11.5 Å². The fourth-order valence-corrected chi connectivity index (χ4v) is 2.67. The topological polar surface area (TPSA) is 71.1 Å². The molecule has 0 aliphatic heterocycles. The second-order valence-corrected chi connectivity index (χ2v) is 6.01. The van der Waals surface area contributed by atoms with Crippen LogP contribution >= 0.6 is 11.6 Å². The number of ether oxygens (including phenoxy) is 4. The maximum absolute atomic E-state index is 12.0. The van der Waals surface area contributed by atoms with Gasteiger partial charge in [-0.05, 0) is 48.4 Å². The highest BCUT2D eigenvalue weighted by Gasteiger charge is 2.11. The quantitative estimate of drug-likeness (QED) is 0.482. The van der Waals surface area contributed by atoms with E-state index in [1.807, 2.05) is 6.92 Å². The van der Waals surface area contributed by atoms with Gasteiger partial charge in [-0.1, -0.05) is 23.7 Å².